The first-order valence-electron chi connectivity index (χ1n) is 4.29. The van der Waals surface area contributed by atoms with Crippen LogP contribution in [0.25, 0.3) is 0 Å². The summed E-state index contributed by atoms with van der Waals surface area (Å²) in [6.45, 7) is 0.465. The first kappa shape index (κ1) is 13.2. The number of amides is 2. The molecular formula is C8H18N2O4. The van der Waals surface area contributed by atoms with Gasteiger partial charge >= 0.3 is 6.03 Å². The van der Waals surface area contributed by atoms with Gasteiger partial charge in [-0.25, -0.2) is 4.79 Å². The van der Waals surface area contributed by atoms with Gasteiger partial charge in [0.25, 0.3) is 5.97 Å². The summed E-state index contributed by atoms with van der Waals surface area (Å²) in [5.41, 5.74) is 4.90. The number of nitrogens with one attached hydrogen (secondary N) is 1. The van der Waals surface area contributed by atoms with E-state index in [4.69, 9.17) is 19.9 Å². The molecule has 0 aromatic heterocycles. The number of hydrogen-bond acceptors (Lipinski definition) is 4. The SMILES string of the molecule is COC(CCCNC(N)=O)(OC)OC. The summed E-state index contributed by atoms with van der Waals surface area (Å²) >= 11 is 0. The first-order chi connectivity index (χ1) is 6.60. The summed E-state index contributed by atoms with van der Waals surface area (Å²) in [5.74, 6) is -1.03. The van der Waals surface area contributed by atoms with E-state index in [2.05, 4.69) is 5.32 Å². The van der Waals surface area contributed by atoms with Crippen molar-refractivity contribution < 1.29 is 19.0 Å². The summed E-state index contributed by atoms with van der Waals surface area (Å²) in [5, 5.41) is 2.46. The lowest BCUT2D eigenvalue weighted by molar-refractivity contribution is -0.355. The largest absolute Gasteiger partial charge is 0.352 e. The summed E-state index contributed by atoms with van der Waals surface area (Å²) in [6, 6.07) is -0.539. The van der Waals surface area contributed by atoms with Crippen LogP contribution in [0, 0.1) is 0 Å². The van der Waals surface area contributed by atoms with E-state index in [1.807, 2.05) is 0 Å². The van der Waals surface area contributed by atoms with E-state index >= 15 is 0 Å². The van der Waals surface area contributed by atoms with Crippen LogP contribution in [0.15, 0.2) is 0 Å². The molecule has 6 heteroatoms. The van der Waals surface area contributed by atoms with Gasteiger partial charge in [0.05, 0.1) is 0 Å². The fourth-order valence-corrected chi connectivity index (χ4v) is 1.07. The van der Waals surface area contributed by atoms with E-state index < -0.39 is 12.0 Å². The van der Waals surface area contributed by atoms with Crippen LogP contribution in [0.4, 0.5) is 4.79 Å². The Kier molecular flexibility index (Phi) is 6.18. The Hall–Kier alpha value is -0.850. The molecule has 0 aromatic rings. The minimum absolute atomic E-state index is 0.465. The highest BCUT2D eigenvalue weighted by Crippen LogP contribution is 2.18. The molecule has 0 radical (unpaired) electrons. The van der Waals surface area contributed by atoms with Gasteiger partial charge in [0.15, 0.2) is 0 Å². The number of ether oxygens (including phenoxy) is 3. The van der Waals surface area contributed by atoms with E-state index in [1.165, 1.54) is 21.3 Å². The highest BCUT2D eigenvalue weighted by atomic mass is 16.9. The van der Waals surface area contributed by atoms with Crippen molar-refractivity contribution in [3.63, 3.8) is 0 Å². The van der Waals surface area contributed by atoms with Crippen LogP contribution < -0.4 is 11.1 Å². The van der Waals surface area contributed by atoms with Crippen molar-refractivity contribution in [2.75, 3.05) is 27.9 Å². The average molecular weight is 206 g/mol. The van der Waals surface area contributed by atoms with Crippen LogP contribution in [0.5, 0.6) is 0 Å². The summed E-state index contributed by atoms with van der Waals surface area (Å²) in [4.78, 5) is 10.3. The summed E-state index contributed by atoms with van der Waals surface area (Å²) in [7, 11) is 4.48. The van der Waals surface area contributed by atoms with Gasteiger partial charge in [0, 0.05) is 34.3 Å². The molecule has 3 N–H and O–H groups in total. The zero-order valence-corrected chi connectivity index (χ0v) is 8.83. The zero-order valence-electron chi connectivity index (χ0n) is 8.83. The van der Waals surface area contributed by atoms with Gasteiger partial charge in [-0.15, -0.1) is 0 Å². The maximum Gasteiger partial charge on any atom is 0.312 e. The summed E-state index contributed by atoms with van der Waals surface area (Å²) < 4.78 is 15.2. The molecule has 0 aromatic carbocycles. The lowest BCUT2D eigenvalue weighted by atomic mass is 10.2. The minimum Gasteiger partial charge on any atom is -0.352 e. The lowest BCUT2D eigenvalue weighted by Crippen LogP contribution is -2.37. The van der Waals surface area contributed by atoms with Crippen LogP contribution in [-0.4, -0.2) is 39.9 Å². The molecule has 2 amide bonds. The van der Waals surface area contributed by atoms with E-state index in [-0.39, 0.29) is 0 Å². The lowest BCUT2D eigenvalue weighted by Gasteiger charge is -2.28. The Labute approximate surface area is 83.7 Å². The van der Waals surface area contributed by atoms with Crippen LogP contribution in [0.2, 0.25) is 0 Å². The number of carbonyl (C=O) groups excluding carboxylic acids is 1. The zero-order chi connectivity index (χ0) is 11.0. The molecule has 0 saturated carbocycles. The van der Waals surface area contributed by atoms with Crippen LogP contribution >= 0.6 is 0 Å². The number of carbonyl (C=O) groups is 1. The van der Waals surface area contributed by atoms with Gasteiger partial charge < -0.3 is 25.3 Å². The normalized spacial score (nSPS) is 11.4. The standard InChI is InChI=1S/C8H18N2O4/c1-12-8(13-2,14-3)5-4-6-10-7(9)11/h4-6H2,1-3H3,(H3,9,10,11). The third-order valence-corrected chi connectivity index (χ3v) is 1.89. The van der Waals surface area contributed by atoms with Crippen LogP contribution in [-0.2, 0) is 14.2 Å². The van der Waals surface area contributed by atoms with Gasteiger partial charge in [-0.3, -0.25) is 0 Å². The highest BCUT2D eigenvalue weighted by Gasteiger charge is 2.28. The van der Waals surface area contributed by atoms with Gasteiger partial charge in [-0.2, -0.15) is 0 Å². The molecule has 6 nitrogen and oxygen atoms in total. The van der Waals surface area contributed by atoms with Crippen molar-refractivity contribution >= 4 is 6.03 Å². The molecule has 84 valence electrons. The molecule has 0 atom stereocenters. The van der Waals surface area contributed by atoms with Gasteiger partial charge in [-0.05, 0) is 6.42 Å². The number of methoxy groups -OCH3 is 3. The molecule has 0 saturated heterocycles. The third kappa shape index (κ3) is 4.40. The Morgan fingerprint density at radius 1 is 1.29 bits per heavy atom. The molecule has 0 rings (SSSR count). The molecule has 0 aliphatic heterocycles. The number of primary amides is 1. The molecule has 0 fully saturated rings. The van der Waals surface area contributed by atoms with E-state index in [0.29, 0.717) is 19.4 Å². The van der Waals surface area contributed by atoms with Crippen molar-refractivity contribution in [2.24, 2.45) is 5.73 Å². The Morgan fingerprint density at radius 2 is 1.79 bits per heavy atom. The van der Waals surface area contributed by atoms with Crippen molar-refractivity contribution in [3.05, 3.63) is 0 Å². The predicted octanol–water partition coefficient (Wildman–Crippen LogP) is 0.0279. The second-order valence-electron chi connectivity index (χ2n) is 2.69. The second-order valence-corrected chi connectivity index (χ2v) is 2.69. The maximum atomic E-state index is 10.3. The third-order valence-electron chi connectivity index (χ3n) is 1.89. The van der Waals surface area contributed by atoms with Crippen molar-refractivity contribution in [1.82, 2.24) is 5.32 Å². The quantitative estimate of drug-likeness (QED) is 0.454. The summed E-state index contributed by atoms with van der Waals surface area (Å²) in [6.07, 6.45) is 1.16. The fraction of sp³-hybridized carbons (Fsp3) is 0.875. The number of rotatable bonds is 7. The van der Waals surface area contributed by atoms with Gasteiger partial charge in [0.1, 0.15) is 0 Å². The number of nitrogens with two attached hydrogens (primary N) is 1. The monoisotopic (exact) mass is 206 g/mol. The van der Waals surface area contributed by atoms with Crippen molar-refractivity contribution in [1.29, 1.82) is 0 Å². The molecule has 0 unspecified atom stereocenters. The van der Waals surface area contributed by atoms with E-state index in [0.717, 1.165) is 0 Å². The maximum absolute atomic E-state index is 10.3. The van der Waals surface area contributed by atoms with Crippen LogP contribution in [0.1, 0.15) is 12.8 Å². The smallest absolute Gasteiger partial charge is 0.312 e. The molecule has 0 aliphatic rings. The molecule has 0 bridgehead atoms. The first-order valence-corrected chi connectivity index (χ1v) is 4.29. The highest BCUT2D eigenvalue weighted by molar-refractivity contribution is 5.71. The molecule has 14 heavy (non-hydrogen) atoms. The average Bonchev–Trinajstić information content (AvgIpc) is 2.19. The van der Waals surface area contributed by atoms with Gasteiger partial charge in [0.2, 0.25) is 0 Å². The number of hydrogen-bond donors (Lipinski definition) is 2. The number of urea groups is 1. The Bertz CT molecular complexity index is 162. The van der Waals surface area contributed by atoms with Gasteiger partial charge in [-0.1, -0.05) is 0 Å². The van der Waals surface area contributed by atoms with Crippen LogP contribution in [0.3, 0.4) is 0 Å². The van der Waals surface area contributed by atoms with Crippen molar-refractivity contribution in [3.8, 4) is 0 Å². The molecule has 0 aliphatic carbocycles. The van der Waals surface area contributed by atoms with Crippen molar-refractivity contribution in [2.45, 2.75) is 18.8 Å². The Balaban J connectivity index is 3.77. The molecular weight excluding hydrogens is 188 g/mol. The molecule has 0 spiro atoms. The Morgan fingerprint density at radius 3 is 2.14 bits per heavy atom. The topological polar surface area (TPSA) is 82.8 Å². The molecule has 0 heterocycles. The minimum atomic E-state index is -1.03. The van der Waals surface area contributed by atoms with E-state index in [9.17, 15) is 4.79 Å². The second kappa shape index (κ2) is 6.58. The predicted molar refractivity (Wildman–Crippen MR) is 50.6 cm³/mol. The fourth-order valence-electron chi connectivity index (χ4n) is 1.07. The van der Waals surface area contributed by atoms with E-state index in [1.54, 1.807) is 0 Å².